The molecule has 0 saturated carbocycles. The largest absolute Gasteiger partial charge is 0.465 e. The molecule has 0 aromatic rings. The van der Waals surface area contributed by atoms with E-state index in [1.165, 1.54) is 0 Å². The second kappa shape index (κ2) is 8.01. The van der Waals surface area contributed by atoms with Gasteiger partial charge in [0.15, 0.2) is 0 Å². The van der Waals surface area contributed by atoms with Crippen LogP contribution in [0.4, 0.5) is 0 Å². The van der Waals surface area contributed by atoms with Crippen LogP contribution in [0, 0.1) is 0 Å². The van der Waals surface area contributed by atoms with E-state index in [4.69, 9.17) is 10.5 Å². The van der Waals surface area contributed by atoms with Crippen LogP contribution in [-0.2, 0) is 9.53 Å². The highest BCUT2D eigenvalue weighted by atomic mass is 16.5. The molecule has 0 amide bonds. The summed E-state index contributed by atoms with van der Waals surface area (Å²) in [5.41, 5.74) is 5.32. The Labute approximate surface area is 80.0 Å². The van der Waals surface area contributed by atoms with Gasteiger partial charge in [0.25, 0.3) is 0 Å². The first kappa shape index (κ1) is 12.4. The predicted molar refractivity (Wildman–Crippen MR) is 52.4 cm³/mol. The van der Waals surface area contributed by atoms with Gasteiger partial charge in [0, 0.05) is 0 Å². The number of hydrogen-bond acceptors (Lipinski definition) is 4. The zero-order valence-electron chi connectivity index (χ0n) is 8.58. The van der Waals surface area contributed by atoms with Crippen molar-refractivity contribution in [3.05, 3.63) is 0 Å². The van der Waals surface area contributed by atoms with E-state index in [1.54, 1.807) is 4.90 Å². The third-order valence-electron chi connectivity index (χ3n) is 1.56. The molecule has 0 aliphatic heterocycles. The summed E-state index contributed by atoms with van der Waals surface area (Å²) in [6.07, 6.45) is 2.95. The standard InChI is InChI=1S/C9H20N2O2/c1-11(2)8-9(12)13-7-5-3-4-6-10/h3-8,10H2,1-2H3. The van der Waals surface area contributed by atoms with Crippen molar-refractivity contribution in [1.82, 2.24) is 4.90 Å². The van der Waals surface area contributed by atoms with E-state index in [1.807, 2.05) is 14.1 Å². The van der Waals surface area contributed by atoms with Crippen LogP contribution in [0.25, 0.3) is 0 Å². The number of nitrogens with zero attached hydrogens (tertiary/aromatic N) is 1. The molecule has 4 nitrogen and oxygen atoms in total. The van der Waals surface area contributed by atoms with Crippen molar-refractivity contribution in [3.63, 3.8) is 0 Å². The highest BCUT2D eigenvalue weighted by molar-refractivity contribution is 5.71. The van der Waals surface area contributed by atoms with Crippen LogP contribution in [0.5, 0.6) is 0 Å². The quantitative estimate of drug-likeness (QED) is 0.458. The Balaban J connectivity index is 3.17. The van der Waals surface area contributed by atoms with Crippen LogP contribution in [0.15, 0.2) is 0 Å². The maximum atomic E-state index is 11.0. The van der Waals surface area contributed by atoms with Gasteiger partial charge in [0.05, 0.1) is 13.2 Å². The van der Waals surface area contributed by atoms with Crippen LogP contribution in [0.1, 0.15) is 19.3 Å². The Kier molecular flexibility index (Phi) is 7.63. The lowest BCUT2D eigenvalue weighted by Gasteiger charge is -2.08. The van der Waals surface area contributed by atoms with Crippen molar-refractivity contribution >= 4 is 5.97 Å². The Morgan fingerprint density at radius 3 is 2.54 bits per heavy atom. The first-order valence-electron chi connectivity index (χ1n) is 4.67. The lowest BCUT2D eigenvalue weighted by Crippen LogP contribution is -2.23. The van der Waals surface area contributed by atoms with Gasteiger partial charge in [0.1, 0.15) is 0 Å². The fourth-order valence-electron chi connectivity index (χ4n) is 0.913. The summed E-state index contributed by atoms with van der Waals surface area (Å²) in [6.45, 7) is 1.59. The van der Waals surface area contributed by atoms with Crippen molar-refractivity contribution in [2.75, 3.05) is 33.8 Å². The highest BCUT2D eigenvalue weighted by Crippen LogP contribution is 1.94. The number of carbonyl (C=O) groups is 1. The monoisotopic (exact) mass is 188 g/mol. The van der Waals surface area contributed by atoms with Crippen LogP contribution >= 0.6 is 0 Å². The topological polar surface area (TPSA) is 55.6 Å². The zero-order valence-corrected chi connectivity index (χ0v) is 8.58. The Hall–Kier alpha value is -0.610. The molecule has 78 valence electrons. The summed E-state index contributed by atoms with van der Waals surface area (Å²) < 4.78 is 4.98. The molecule has 2 N–H and O–H groups in total. The van der Waals surface area contributed by atoms with Crippen molar-refractivity contribution in [3.8, 4) is 0 Å². The fourth-order valence-corrected chi connectivity index (χ4v) is 0.913. The third-order valence-corrected chi connectivity index (χ3v) is 1.56. The molecule has 13 heavy (non-hydrogen) atoms. The normalized spacial score (nSPS) is 10.5. The Bertz CT molecular complexity index is 138. The number of nitrogens with two attached hydrogens (primary N) is 1. The first-order chi connectivity index (χ1) is 6.16. The average Bonchev–Trinajstić information content (AvgIpc) is 2.02. The van der Waals surface area contributed by atoms with Gasteiger partial charge in [-0.3, -0.25) is 9.69 Å². The minimum absolute atomic E-state index is 0.155. The summed E-state index contributed by atoms with van der Waals surface area (Å²) in [5, 5.41) is 0. The predicted octanol–water partition coefficient (Wildman–Crippen LogP) is 0.220. The van der Waals surface area contributed by atoms with Crippen molar-refractivity contribution in [2.24, 2.45) is 5.73 Å². The number of hydrogen-bond donors (Lipinski definition) is 1. The number of esters is 1. The summed E-state index contributed by atoms with van der Waals surface area (Å²) in [7, 11) is 3.69. The number of rotatable bonds is 7. The maximum Gasteiger partial charge on any atom is 0.320 e. The summed E-state index contributed by atoms with van der Waals surface area (Å²) in [4.78, 5) is 12.8. The molecule has 0 bridgehead atoms. The number of likely N-dealkylation sites (N-methyl/N-ethyl adjacent to an activating group) is 1. The van der Waals surface area contributed by atoms with Gasteiger partial charge in [-0.2, -0.15) is 0 Å². The van der Waals surface area contributed by atoms with Gasteiger partial charge in [-0.1, -0.05) is 0 Å². The van der Waals surface area contributed by atoms with Crippen LogP contribution in [-0.4, -0.2) is 44.7 Å². The molecule has 0 aromatic heterocycles. The molecule has 0 aliphatic rings. The van der Waals surface area contributed by atoms with Crippen molar-refractivity contribution in [1.29, 1.82) is 0 Å². The van der Waals surface area contributed by atoms with Crippen LogP contribution < -0.4 is 5.73 Å². The molecule has 0 atom stereocenters. The summed E-state index contributed by atoms with van der Waals surface area (Å²) in [5.74, 6) is -0.155. The lowest BCUT2D eigenvalue weighted by atomic mass is 10.2. The van der Waals surface area contributed by atoms with Gasteiger partial charge in [-0.25, -0.2) is 0 Å². The molecule has 0 radical (unpaired) electrons. The molecule has 0 rings (SSSR count). The van der Waals surface area contributed by atoms with Crippen molar-refractivity contribution < 1.29 is 9.53 Å². The minimum Gasteiger partial charge on any atom is -0.465 e. The lowest BCUT2D eigenvalue weighted by molar-refractivity contribution is -0.144. The Morgan fingerprint density at radius 2 is 2.00 bits per heavy atom. The molecular formula is C9H20N2O2. The highest BCUT2D eigenvalue weighted by Gasteiger charge is 2.02. The zero-order chi connectivity index (χ0) is 10.1. The van der Waals surface area contributed by atoms with Gasteiger partial charge < -0.3 is 10.5 Å². The van der Waals surface area contributed by atoms with Gasteiger partial charge in [-0.05, 0) is 39.9 Å². The van der Waals surface area contributed by atoms with E-state index in [9.17, 15) is 4.79 Å². The molecule has 0 aromatic carbocycles. The van der Waals surface area contributed by atoms with E-state index in [0.717, 1.165) is 19.3 Å². The van der Waals surface area contributed by atoms with Crippen LogP contribution in [0.3, 0.4) is 0 Å². The SMILES string of the molecule is CN(C)CC(=O)OCCCCCN. The molecule has 0 heterocycles. The molecule has 0 fully saturated rings. The van der Waals surface area contributed by atoms with Gasteiger partial charge in [-0.15, -0.1) is 0 Å². The molecule has 0 aliphatic carbocycles. The Morgan fingerprint density at radius 1 is 1.31 bits per heavy atom. The van der Waals surface area contributed by atoms with Crippen LogP contribution in [0.2, 0.25) is 0 Å². The van der Waals surface area contributed by atoms with E-state index in [-0.39, 0.29) is 5.97 Å². The molecule has 0 spiro atoms. The summed E-state index contributed by atoms with van der Waals surface area (Å²) in [6, 6.07) is 0. The van der Waals surface area contributed by atoms with E-state index in [2.05, 4.69) is 0 Å². The van der Waals surface area contributed by atoms with Gasteiger partial charge >= 0.3 is 5.97 Å². The number of carbonyl (C=O) groups excluding carboxylic acids is 1. The summed E-state index contributed by atoms with van der Waals surface area (Å²) >= 11 is 0. The van der Waals surface area contributed by atoms with Gasteiger partial charge in [0.2, 0.25) is 0 Å². The van der Waals surface area contributed by atoms with Crippen molar-refractivity contribution in [2.45, 2.75) is 19.3 Å². The second-order valence-corrected chi connectivity index (χ2v) is 3.31. The molecule has 0 unspecified atom stereocenters. The minimum atomic E-state index is -0.155. The average molecular weight is 188 g/mol. The number of ether oxygens (including phenoxy) is 1. The molecule has 4 heteroatoms. The molecular weight excluding hydrogens is 168 g/mol. The third kappa shape index (κ3) is 9.30. The fraction of sp³-hybridized carbons (Fsp3) is 0.889. The second-order valence-electron chi connectivity index (χ2n) is 3.31. The maximum absolute atomic E-state index is 11.0. The smallest absolute Gasteiger partial charge is 0.320 e. The van der Waals surface area contributed by atoms with E-state index < -0.39 is 0 Å². The van der Waals surface area contributed by atoms with E-state index in [0.29, 0.717) is 19.7 Å². The number of unbranched alkanes of at least 4 members (excludes halogenated alkanes) is 2. The first-order valence-corrected chi connectivity index (χ1v) is 4.67. The van der Waals surface area contributed by atoms with E-state index >= 15 is 0 Å². The molecule has 0 saturated heterocycles.